The molecule has 0 radical (unpaired) electrons. The maximum atomic E-state index is 12.4. The first-order valence-corrected chi connectivity index (χ1v) is 8.13. The Labute approximate surface area is 139 Å². The molecular weight excluding hydrogens is 308 g/mol. The van der Waals surface area contributed by atoms with Crippen LogP contribution in [-0.4, -0.2) is 28.0 Å². The first-order chi connectivity index (χ1) is 11.6. The normalized spacial score (nSPS) is 15.0. The Kier molecular flexibility index (Phi) is 4.88. The smallest absolute Gasteiger partial charge is 0.275 e. The summed E-state index contributed by atoms with van der Waals surface area (Å²) in [7, 11) is 0. The quantitative estimate of drug-likeness (QED) is 0.899. The van der Waals surface area contributed by atoms with E-state index in [0.717, 1.165) is 25.7 Å². The highest BCUT2D eigenvalue weighted by atomic mass is 16.5. The van der Waals surface area contributed by atoms with E-state index < -0.39 is 5.91 Å². The molecule has 0 bridgehead atoms. The van der Waals surface area contributed by atoms with Gasteiger partial charge in [-0.3, -0.25) is 14.6 Å². The van der Waals surface area contributed by atoms with Crippen molar-refractivity contribution in [3.8, 4) is 0 Å². The van der Waals surface area contributed by atoms with E-state index >= 15 is 0 Å². The summed E-state index contributed by atoms with van der Waals surface area (Å²) in [4.78, 5) is 28.6. The van der Waals surface area contributed by atoms with Crippen molar-refractivity contribution in [1.82, 2.24) is 15.5 Å². The van der Waals surface area contributed by atoms with E-state index in [1.54, 1.807) is 19.1 Å². The van der Waals surface area contributed by atoms with Gasteiger partial charge in [0.05, 0.1) is 0 Å². The minimum absolute atomic E-state index is 0.159. The molecule has 3 rings (SSSR count). The third-order valence-electron chi connectivity index (χ3n) is 4.06. The fraction of sp³-hybridized carbons (Fsp3) is 0.412. The summed E-state index contributed by atoms with van der Waals surface area (Å²) in [5.41, 5.74) is 0.587. The van der Waals surface area contributed by atoms with Gasteiger partial charge in [-0.25, -0.2) is 0 Å². The van der Waals surface area contributed by atoms with Crippen molar-refractivity contribution in [1.29, 1.82) is 0 Å². The van der Waals surface area contributed by atoms with Gasteiger partial charge in [0, 0.05) is 23.9 Å². The van der Waals surface area contributed by atoms with E-state index in [1.807, 2.05) is 0 Å². The Morgan fingerprint density at radius 3 is 2.67 bits per heavy atom. The highest BCUT2D eigenvalue weighted by Gasteiger charge is 2.18. The van der Waals surface area contributed by atoms with Crippen LogP contribution in [0, 0.1) is 6.92 Å². The average molecular weight is 328 g/mol. The molecule has 126 valence electrons. The fourth-order valence-corrected chi connectivity index (χ4v) is 2.82. The van der Waals surface area contributed by atoms with Crippen molar-refractivity contribution < 1.29 is 14.1 Å². The van der Waals surface area contributed by atoms with Gasteiger partial charge in [-0.05, 0) is 31.9 Å². The summed E-state index contributed by atoms with van der Waals surface area (Å²) < 4.78 is 4.90. The van der Waals surface area contributed by atoms with Gasteiger partial charge >= 0.3 is 0 Å². The SMILES string of the molecule is Cc1cc(NC(=O)c2cc(C(=O)NC3CCCCC3)ccn2)no1. The molecule has 1 aliphatic carbocycles. The molecule has 0 saturated heterocycles. The molecule has 0 unspecified atom stereocenters. The van der Waals surface area contributed by atoms with Gasteiger partial charge in [0.2, 0.25) is 0 Å². The molecular formula is C17H20N4O3. The van der Waals surface area contributed by atoms with E-state index in [-0.39, 0.29) is 17.6 Å². The first kappa shape index (κ1) is 16.2. The molecule has 1 saturated carbocycles. The molecule has 2 N–H and O–H groups in total. The first-order valence-electron chi connectivity index (χ1n) is 8.13. The number of amides is 2. The molecule has 7 nitrogen and oxygen atoms in total. The number of anilines is 1. The van der Waals surface area contributed by atoms with Crippen molar-refractivity contribution in [3.63, 3.8) is 0 Å². The monoisotopic (exact) mass is 328 g/mol. The average Bonchev–Trinajstić information content (AvgIpc) is 3.00. The molecule has 0 atom stereocenters. The van der Waals surface area contributed by atoms with Crippen LogP contribution < -0.4 is 10.6 Å². The number of rotatable bonds is 4. The lowest BCUT2D eigenvalue weighted by Gasteiger charge is -2.22. The molecule has 0 aliphatic heterocycles. The van der Waals surface area contributed by atoms with Gasteiger partial charge < -0.3 is 15.2 Å². The van der Waals surface area contributed by atoms with E-state index in [4.69, 9.17) is 4.52 Å². The van der Waals surface area contributed by atoms with Crippen LogP contribution in [0.4, 0.5) is 5.82 Å². The summed E-state index contributed by atoms with van der Waals surface area (Å²) in [5, 5.41) is 9.32. The lowest BCUT2D eigenvalue weighted by atomic mass is 9.95. The number of aromatic nitrogens is 2. The molecule has 2 aromatic rings. The van der Waals surface area contributed by atoms with Crippen LogP contribution in [0.2, 0.25) is 0 Å². The number of carbonyl (C=O) groups is 2. The maximum Gasteiger partial charge on any atom is 0.275 e. The fourth-order valence-electron chi connectivity index (χ4n) is 2.82. The van der Waals surface area contributed by atoms with Crippen molar-refractivity contribution in [2.24, 2.45) is 0 Å². The Hall–Kier alpha value is -2.70. The third kappa shape index (κ3) is 3.98. The van der Waals surface area contributed by atoms with E-state index in [9.17, 15) is 9.59 Å². The predicted molar refractivity (Wildman–Crippen MR) is 87.8 cm³/mol. The summed E-state index contributed by atoms with van der Waals surface area (Å²) in [6.07, 6.45) is 7.00. The summed E-state index contributed by atoms with van der Waals surface area (Å²) in [5.74, 6) is 0.307. The zero-order valence-corrected chi connectivity index (χ0v) is 13.5. The minimum Gasteiger partial charge on any atom is -0.360 e. The second-order valence-corrected chi connectivity index (χ2v) is 6.02. The van der Waals surface area contributed by atoms with E-state index in [1.165, 1.54) is 18.7 Å². The van der Waals surface area contributed by atoms with Gasteiger partial charge in [-0.15, -0.1) is 0 Å². The Morgan fingerprint density at radius 2 is 1.96 bits per heavy atom. The third-order valence-corrected chi connectivity index (χ3v) is 4.06. The van der Waals surface area contributed by atoms with Crippen molar-refractivity contribution in [2.45, 2.75) is 45.1 Å². The molecule has 0 aromatic carbocycles. The highest BCUT2D eigenvalue weighted by Crippen LogP contribution is 2.18. The summed E-state index contributed by atoms with van der Waals surface area (Å²) in [6, 6.07) is 4.92. The number of nitrogens with one attached hydrogen (secondary N) is 2. The van der Waals surface area contributed by atoms with Crippen molar-refractivity contribution in [2.75, 3.05) is 5.32 Å². The standard InChI is InChI=1S/C17H20N4O3/c1-11-9-15(21-24-11)20-17(23)14-10-12(7-8-18-14)16(22)19-13-5-3-2-4-6-13/h7-10,13H,2-6H2,1H3,(H,19,22)(H,20,21,23). The van der Waals surface area contributed by atoms with Crippen LogP contribution in [0.3, 0.4) is 0 Å². The molecule has 2 aromatic heterocycles. The van der Waals surface area contributed by atoms with E-state index in [2.05, 4.69) is 20.8 Å². The Morgan fingerprint density at radius 1 is 1.17 bits per heavy atom. The molecule has 1 aliphatic rings. The summed E-state index contributed by atoms with van der Waals surface area (Å²) >= 11 is 0. The van der Waals surface area contributed by atoms with Crippen LogP contribution >= 0.6 is 0 Å². The molecule has 1 fully saturated rings. The highest BCUT2D eigenvalue weighted by molar-refractivity contribution is 6.04. The maximum absolute atomic E-state index is 12.4. The molecule has 2 heterocycles. The second kappa shape index (κ2) is 7.25. The van der Waals surface area contributed by atoms with Crippen LogP contribution in [0.1, 0.15) is 58.7 Å². The lowest BCUT2D eigenvalue weighted by Crippen LogP contribution is -2.36. The number of hydrogen-bond donors (Lipinski definition) is 2. The lowest BCUT2D eigenvalue weighted by molar-refractivity contribution is 0.0927. The van der Waals surface area contributed by atoms with Gasteiger partial charge in [0.15, 0.2) is 5.82 Å². The molecule has 0 spiro atoms. The van der Waals surface area contributed by atoms with Gasteiger partial charge in [-0.2, -0.15) is 0 Å². The van der Waals surface area contributed by atoms with Gasteiger partial charge in [0.25, 0.3) is 11.8 Å². The van der Waals surface area contributed by atoms with Crippen molar-refractivity contribution in [3.05, 3.63) is 41.4 Å². The van der Waals surface area contributed by atoms with Crippen LogP contribution in [0.15, 0.2) is 28.9 Å². The number of nitrogens with zero attached hydrogens (tertiary/aromatic N) is 2. The van der Waals surface area contributed by atoms with E-state index in [0.29, 0.717) is 17.1 Å². The number of carbonyl (C=O) groups excluding carboxylic acids is 2. The topological polar surface area (TPSA) is 97.1 Å². The number of pyridine rings is 1. The molecule has 7 heteroatoms. The number of hydrogen-bond acceptors (Lipinski definition) is 5. The molecule has 2 amide bonds. The summed E-state index contributed by atoms with van der Waals surface area (Å²) in [6.45, 7) is 1.73. The molecule has 24 heavy (non-hydrogen) atoms. The van der Waals surface area contributed by atoms with Gasteiger partial charge in [0.1, 0.15) is 11.5 Å². The van der Waals surface area contributed by atoms with Gasteiger partial charge in [-0.1, -0.05) is 24.4 Å². The van der Waals surface area contributed by atoms with Crippen LogP contribution in [0.5, 0.6) is 0 Å². The van der Waals surface area contributed by atoms with Crippen LogP contribution in [-0.2, 0) is 0 Å². The second-order valence-electron chi connectivity index (χ2n) is 6.02. The largest absolute Gasteiger partial charge is 0.360 e. The van der Waals surface area contributed by atoms with Crippen molar-refractivity contribution >= 4 is 17.6 Å². The predicted octanol–water partition coefficient (Wildman–Crippen LogP) is 2.69. The van der Waals surface area contributed by atoms with Crippen LogP contribution in [0.25, 0.3) is 0 Å². The Bertz CT molecular complexity index is 735. The zero-order chi connectivity index (χ0) is 16.9. The minimum atomic E-state index is -0.435. The zero-order valence-electron chi connectivity index (χ0n) is 13.5. The Balaban J connectivity index is 1.66. The number of aryl methyl sites for hydroxylation is 1.